The van der Waals surface area contributed by atoms with Gasteiger partial charge in [0.25, 0.3) is 5.91 Å². The number of carbonyl (C=O) groups is 1. The van der Waals surface area contributed by atoms with E-state index in [0.717, 1.165) is 48.1 Å². The molecule has 1 fully saturated rings. The van der Waals surface area contributed by atoms with Crippen LogP contribution in [-0.4, -0.2) is 32.2 Å². The van der Waals surface area contributed by atoms with Crippen LogP contribution in [0.25, 0.3) is 0 Å². The second-order valence-corrected chi connectivity index (χ2v) is 9.30. The zero-order valence-electron chi connectivity index (χ0n) is 17.0. The van der Waals surface area contributed by atoms with Gasteiger partial charge in [-0.25, -0.2) is 0 Å². The van der Waals surface area contributed by atoms with Crippen molar-refractivity contribution in [3.05, 3.63) is 82.0 Å². The Balaban J connectivity index is 1.39. The van der Waals surface area contributed by atoms with Crippen LogP contribution in [-0.2, 0) is 10.5 Å². The highest BCUT2D eigenvalue weighted by atomic mass is 32.2. The van der Waals surface area contributed by atoms with E-state index in [1.54, 1.807) is 23.1 Å². The molecule has 0 aliphatic carbocycles. The van der Waals surface area contributed by atoms with E-state index in [9.17, 15) is 4.79 Å². The maximum Gasteiger partial charge on any atom is 0.252 e. The molecule has 2 heterocycles. The van der Waals surface area contributed by atoms with Gasteiger partial charge in [-0.05, 0) is 48.2 Å². The first kappa shape index (κ1) is 21.0. The average Bonchev–Trinajstić information content (AvgIpc) is 3.32. The van der Waals surface area contributed by atoms with E-state index in [-0.39, 0.29) is 11.9 Å². The molecule has 3 aromatic rings. The quantitative estimate of drug-likeness (QED) is 0.504. The molecule has 156 valence electrons. The molecule has 30 heavy (non-hydrogen) atoms. The van der Waals surface area contributed by atoms with Gasteiger partial charge in [-0.1, -0.05) is 30.3 Å². The fourth-order valence-electron chi connectivity index (χ4n) is 3.48. The minimum atomic E-state index is -0.0633. The van der Waals surface area contributed by atoms with Crippen LogP contribution in [0.3, 0.4) is 0 Å². The number of benzene rings is 2. The molecular formula is C24H26N2O2S2. The van der Waals surface area contributed by atoms with E-state index in [2.05, 4.69) is 52.0 Å². The van der Waals surface area contributed by atoms with Crippen LogP contribution >= 0.6 is 23.1 Å². The minimum absolute atomic E-state index is 0.0333. The van der Waals surface area contributed by atoms with Gasteiger partial charge in [-0.15, -0.1) is 23.1 Å². The maximum atomic E-state index is 13.0. The summed E-state index contributed by atoms with van der Waals surface area (Å²) in [5, 5.41) is 5.25. The lowest BCUT2D eigenvalue weighted by atomic mass is 10.1. The van der Waals surface area contributed by atoms with Crippen LogP contribution in [0.2, 0.25) is 0 Å². The van der Waals surface area contributed by atoms with Gasteiger partial charge < -0.3 is 15.0 Å². The van der Waals surface area contributed by atoms with Crippen molar-refractivity contribution in [2.45, 2.75) is 23.6 Å². The molecule has 4 rings (SSSR count). The fourth-order valence-corrected chi connectivity index (χ4v) is 5.30. The Hall–Kier alpha value is -2.28. The van der Waals surface area contributed by atoms with Crippen molar-refractivity contribution in [1.82, 2.24) is 5.32 Å². The summed E-state index contributed by atoms with van der Waals surface area (Å²) in [4.78, 5) is 17.6. The van der Waals surface area contributed by atoms with Crippen LogP contribution in [0, 0.1) is 0 Å². The summed E-state index contributed by atoms with van der Waals surface area (Å²) >= 11 is 3.45. The summed E-state index contributed by atoms with van der Waals surface area (Å²) in [6, 6.07) is 20.4. The molecule has 1 amide bonds. The normalized spacial score (nSPS) is 15.0. The van der Waals surface area contributed by atoms with Gasteiger partial charge in [0, 0.05) is 34.3 Å². The van der Waals surface area contributed by atoms with Crippen LogP contribution in [0.15, 0.2) is 70.9 Å². The summed E-state index contributed by atoms with van der Waals surface area (Å²) in [5.74, 6) is 0.842. The Labute approximate surface area is 186 Å². The minimum Gasteiger partial charge on any atom is -0.378 e. The van der Waals surface area contributed by atoms with E-state index < -0.39 is 0 Å². The Morgan fingerprint density at radius 3 is 2.60 bits per heavy atom. The fraction of sp³-hybridized carbons (Fsp3) is 0.292. The predicted molar refractivity (Wildman–Crippen MR) is 126 cm³/mol. The van der Waals surface area contributed by atoms with Crippen molar-refractivity contribution >= 4 is 34.7 Å². The Bertz CT molecular complexity index is 952. The molecule has 0 saturated carbocycles. The molecule has 6 heteroatoms. The third kappa shape index (κ3) is 5.25. The largest absolute Gasteiger partial charge is 0.378 e. The Morgan fingerprint density at radius 1 is 1.10 bits per heavy atom. The second-order valence-electron chi connectivity index (χ2n) is 7.25. The van der Waals surface area contributed by atoms with E-state index >= 15 is 0 Å². The molecule has 2 aromatic carbocycles. The Kier molecular flexibility index (Phi) is 7.10. The standard InChI is InChI=1S/C24H26N2O2S2/c1-18(19-8-10-20(11-9-19)26-12-14-28-15-13-26)25-24(27)22-6-2-3-7-23(22)30-17-21-5-4-16-29-21/h2-11,16,18H,12-15,17H2,1H3,(H,25,27). The van der Waals surface area contributed by atoms with Crippen molar-refractivity contribution < 1.29 is 9.53 Å². The molecule has 4 nitrogen and oxygen atoms in total. The van der Waals surface area contributed by atoms with Crippen LogP contribution < -0.4 is 10.2 Å². The van der Waals surface area contributed by atoms with Gasteiger partial charge in [-0.3, -0.25) is 4.79 Å². The second kappa shape index (κ2) is 10.2. The van der Waals surface area contributed by atoms with E-state index in [1.165, 1.54) is 10.6 Å². The highest BCUT2D eigenvalue weighted by Crippen LogP contribution is 2.28. The number of thiophene rings is 1. The van der Waals surface area contributed by atoms with Crippen LogP contribution in [0.1, 0.15) is 33.8 Å². The number of hydrogen-bond acceptors (Lipinski definition) is 5. The van der Waals surface area contributed by atoms with Crippen molar-refractivity contribution in [1.29, 1.82) is 0 Å². The third-order valence-electron chi connectivity index (χ3n) is 5.20. The van der Waals surface area contributed by atoms with Gasteiger partial charge in [-0.2, -0.15) is 0 Å². The van der Waals surface area contributed by atoms with Crippen molar-refractivity contribution in [2.75, 3.05) is 31.2 Å². The summed E-state index contributed by atoms with van der Waals surface area (Å²) in [5.41, 5.74) is 3.04. The highest BCUT2D eigenvalue weighted by molar-refractivity contribution is 7.98. The highest BCUT2D eigenvalue weighted by Gasteiger charge is 2.16. The molecule has 0 spiro atoms. The van der Waals surface area contributed by atoms with Gasteiger partial charge in [0.15, 0.2) is 0 Å². The number of morpholine rings is 1. The van der Waals surface area contributed by atoms with E-state index in [4.69, 9.17) is 4.74 Å². The Morgan fingerprint density at radius 2 is 1.87 bits per heavy atom. The molecule has 1 aromatic heterocycles. The first-order valence-corrected chi connectivity index (χ1v) is 12.0. The lowest BCUT2D eigenvalue weighted by molar-refractivity contribution is 0.0937. The summed E-state index contributed by atoms with van der Waals surface area (Å²) in [6.45, 7) is 5.43. The monoisotopic (exact) mass is 438 g/mol. The van der Waals surface area contributed by atoms with Crippen LogP contribution in [0.5, 0.6) is 0 Å². The van der Waals surface area contributed by atoms with E-state index in [1.807, 2.05) is 31.2 Å². The number of carbonyl (C=O) groups excluding carboxylic acids is 1. The molecule has 1 aliphatic rings. The maximum absolute atomic E-state index is 13.0. The molecule has 1 atom stereocenters. The third-order valence-corrected chi connectivity index (χ3v) is 7.38. The summed E-state index contributed by atoms with van der Waals surface area (Å²) < 4.78 is 5.43. The SMILES string of the molecule is CC(NC(=O)c1ccccc1SCc1cccs1)c1ccc(N2CCOCC2)cc1. The summed E-state index contributed by atoms with van der Waals surface area (Å²) in [6.07, 6.45) is 0. The lowest BCUT2D eigenvalue weighted by Crippen LogP contribution is -2.36. The molecule has 1 aliphatic heterocycles. The molecule has 0 radical (unpaired) electrons. The molecule has 0 bridgehead atoms. The zero-order valence-corrected chi connectivity index (χ0v) is 18.7. The summed E-state index contributed by atoms with van der Waals surface area (Å²) in [7, 11) is 0. The number of thioether (sulfide) groups is 1. The van der Waals surface area contributed by atoms with Gasteiger partial charge in [0.1, 0.15) is 0 Å². The number of nitrogens with one attached hydrogen (secondary N) is 1. The average molecular weight is 439 g/mol. The van der Waals surface area contributed by atoms with Gasteiger partial charge in [0.2, 0.25) is 0 Å². The smallest absolute Gasteiger partial charge is 0.252 e. The number of rotatable bonds is 7. The predicted octanol–water partition coefficient (Wildman–Crippen LogP) is 5.37. The van der Waals surface area contributed by atoms with Crippen LogP contribution in [0.4, 0.5) is 5.69 Å². The number of ether oxygens (including phenoxy) is 1. The number of hydrogen-bond donors (Lipinski definition) is 1. The topological polar surface area (TPSA) is 41.6 Å². The van der Waals surface area contributed by atoms with Gasteiger partial charge >= 0.3 is 0 Å². The van der Waals surface area contributed by atoms with Crippen molar-refractivity contribution in [3.8, 4) is 0 Å². The zero-order chi connectivity index (χ0) is 20.8. The van der Waals surface area contributed by atoms with Crippen molar-refractivity contribution in [2.24, 2.45) is 0 Å². The lowest BCUT2D eigenvalue weighted by Gasteiger charge is -2.29. The first-order valence-electron chi connectivity index (χ1n) is 10.2. The number of amides is 1. The molecule has 1 N–H and O–H groups in total. The van der Waals surface area contributed by atoms with Gasteiger partial charge in [0.05, 0.1) is 24.8 Å². The molecule has 1 unspecified atom stereocenters. The molecule has 1 saturated heterocycles. The van der Waals surface area contributed by atoms with Crippen molar-refractivity contribution in [3.63, 3.8) is 0 Å². The number of nitrogens with zero attached hydrogens (tertiary/aromatic N) is 1. The molecular weight excluding hydrogens is 412 g/mol. The first-order chi connectivity index (χ1) is 14.7. The van der Waals surface area contributed by atoms with E-state index in [0.29, 0.717) is 0 Å². The number of anilines is 1.